The third-order valence-electron chi connectivity index (χ3n) is 7.76. The van der Waals surface area contributed by atoms with Gasteiger partial charge in [0.25, 0.3) is 0 Å². The van der Waals surface area contributed by atoms with E-state index in [1.54, 1.807) is 12.1 Å². The summed E-state index contributed by atoms with van der Waals surface area (Å²) >= 11 is 0. The lowest BCUT2D eigenvalue weighted by atomic mass is 9.87. The number of benzene rings is 3. The molecule has 0 bridgehead atoms. The summed E-state index contributed by atoms with van der Waals surface area (Å²) in [6, 6.07) is 16.0. The largest absolute Gasteiger partial charge is 0.573 e. The molecule has 0 saturated carbocycles. The van der Waals surface area contributed by atoms with E-state index in [1.165, 1.54) is 36.4 Å². The van der Waals surface area contributed by atoms with Crippen LogP contribution in [0.15, 0.2) is 47.5 Å². The summed E-state index contributed by atoms with van der Waals surface area (Å²) in [6.07, 6.45) is -10.9. The fourth-order valence-corrected chi connectivity index (χ4v) is 5.93. The topological polar surface area (TPSA) is 209 Å². The van der Waals surface area contributed by atoms with Crippen LogP contribution >= 0.6 is 0 Å². The van der Waals surface area contributed by atoms with Crippen LogP contribution < -0.4 is 9.47 Å². The van der Waals surface area contributed by atoms with E-state index in [1.807, 2.05) is 0 Å². The van der Waals surface area contributed by atoms with Gasteiger partial charge < -0.3 is 9.47 Å². The van der Waals surface area contributed by atoms with Crippen LogP contribution in [0.5, 0.6) is 11.5 Å². The molecule has 0 saturated heterocycles. The van der Waals surface area contributed by atoms with Gasteiger partial charge in [-0.3, -0.25) is 0 Å². The monoisotopic (exact) mass is 734 g/mol. The van der Waals surface area contributed by atoms with Crippen LogP contribution in [0, 0.1) is 102 Å². The number of fused-ring (bicyclic) bond motifs is 2. The maximum Gasteiger partial charge on any atom is 0.573 e. The quantitative estimate of drug-likeness (QED) is 0.186. The lowest BCUT2D eigenvalue weighted by molar-refractivity contribution is -0.275. The number of hydrogen-bond donors (Lipinski definition) is 0. The number of halogens is 8. The number of rotatable bonds is 4. The van der Waals surface area contributed by atoms with Crippen molar-refractivity contribution in [1.82, 2.24) is 0 Å². The maximum absolute atomic E-state index is 17.3. The Morgan fingerprint density at radius 2 is 0.815 bits per heavy atom. The number of allylic oxidation sites excluding steroid dienone is 8. The van der Waals surface area contributed by atoms with Gasteiger partial charge in [0, 0.05) is 55.7 Å². The van der Waals surface area contributed by atoms with Crippen LogP contribution in [0.1, 0.15) is 44.5 Å². The molecule has 2 aliphatic carbocycles. The van der Waals surface area contributed by atoms with E-state index in [0.29, 0.717) is 12.1 Å². The van der Waals surface area contributed by atoms with Gasteiger partial charge in [0.05, 0.1) is 34.4 Å². The van der Waals surface area contributed by atoms with Crippen molar-refractivity contribution in [3.05, 3.63) is 104 Å². The summed E-state index contributed by atoms with van der Waals surface area (Å²) in [5.41, 5.74) is -15.1. The Bertz CT molecular complexity index is 2530. The zero-order valence-corrected chi connectivity index (χ0v) is 25.9. The minimum Gasteiger partial charge on any atom is -0.405 e. The Morgan fingerprint density at radius 1 is 0.481 bits per heavy atom. The van der Waals surface area contributed by atoms with E-state index in [-0.39, 0.29) is 0 Å². The van der Waals surface area contributed by atoms with Crippen LogP contribution in [-0.2, 0) is 0 Å². The van der Waals surface area contributed by atoms with Crippen molar-refractivity contribution in [3.8, 4) is 60.1 Å². The number of hydrogen-bond acceptors (Lipinski definition) is 10. The lowest BCUT2D eigenvalue weighted by Gasteiger charge is -2.17. The predicted molar refractivity (Wildman–Crippen MR) is 163 cm³/mol. The van der Waals surface area contributed by atoms with Gasteiger partial charge in [-0.05, 0) is 36.4 Å². The molecule has 0 fully saturated rings. The van der Waals surface area contributed by atoms with E-state index >= 15 is 8.78 Å². The highest BCUT2D eigenvalue weighted by molar-refractivity contribution is 6.30. The third kappa shape index (κ3) is 5.91. The molecule has 0 N–H and O–H groups in total. The number of alkyl halides is 6. The zero-order chi connectivity index (χ0) is 39.9. The molecule has 0 amide bonds. The molecule has 0 unspecified atom stereocenters. The molecular formula is C36H6F8N8O2. The molecule has 10 nitrogen and oxygen atoms in total. The first-order chi connectivity index (χ1) is 25.5. The minimum atomic E-state index is -5.47. The first-order valence-corrected chi connectivity index (χ1v) is 14.1. The van der Waals surface area contributed by atoms with Gasteiger partial charge in [0.2, 0.25) is 0 Å². The van der Waals surface area contributed by atoms with E-state index in [2.05, 4.69) is 9.47 Å². The molecule has 0 aromatic heterocycles. The standard InChI is InChI=1S/C36H6F8N8O2/c37-33-29-21(13-51)27(19-3-1-15(7-45)5-23(19)53-35(39,40)41)25(17(9-47)10-48)31(29)34(38)32-26(18(11-49)12-50)28(22(14-52)30(32)33)20-4-2-16(8-46)6-24(20)54-36(42,43)44/h1-6H. The Balaban J connectivity index is 2.04. The van der Waals surface area contributed by atoms with Crippen LogP contribution in [0.3, 0.4) is 0 Å². The summed E-state index contributed by atoms with van der Waals surface area (Å²) in [7, 11) is 0. The van der Waals surface area contributed by atoms with Crippen LogP contribution in [0.25, 0.3) is 33.4 Å². The highest BCUT2D eigenvalue weighted by atomic mass is 19.4. The molecule has 5 rings (SSSR count). The van der Waals surface area contributed by atoms with Crippen LogP contribution in [0.2, 0.25) is 0 Å². The molecule has 0 atom stereocenters. The maximum atomic E-state index is 17.3. The van der Waals surface area contributed by atoms with E-state index < -0.39 is 125 Å². The molecule has 0 aliphatic heterocycles. The van der Waals surface area contributed by atoms with Crippen LogP contribution in [0.4, 0.5) is 35.1 Å². The Labute approximate surface area is 296 Å². The number of ether oxygens (including phenoxy) is 2. The molecule has 3 aromatic carbocycles. The highest BCUT2D eigenvalue weighted by Gasteiger charge is 2.46. The fourth-order valence-electron chi connectivity index (χ4n) is 5.93. The second-order valence-corrected chi connectivity index (χ2v) is 10.5. The van der Waals surface area contributed by atoms with Gasteiger partial charge in [0.15, 0.2) is 0 Å². The van der Waals surface area contributed by atoms with Crippen molar-refractivity contribution in [2.24, 2.45) is 0 Å². The average Bonchev–Trinajstić information content (AvgIpc) is 3.64. The summed E-state index contributed by atoms with van der Waals surface area (Å²) in [5.74, 6) is -5.96. The first-order valence-electron chi connectivity index (χ1n) is 14.1. The SMILES string of the molecule is N#CC(C#N)=C1C(c2ccc(C#N)cc2OC(F)(F)F)=C(C#N)c2c(F)c3c(c(F)c21)C(=C(C#N)C#N)C(c1ccc(C#N)cc1OC(F)(F)F)=C3C#N. The molecule has 18 heteroatoms. The smallest absolute Gasteiger partial charge is 0.405 e. The van der Waals surface area contributed by atoms with Crippen molar-refractivity contribution in [2.75, 3.05) is 0 Å². The molecule has 54 heavy (non-hydrogen) atoms. The van der Waals surface area contributed by atoms with E-state index in [9.17, 15) is 68.4 Å². The fraction of sp³-hybridized carbons (Fsp3) is 0.0556. The molecule has 0 spiro atoms. The van der Waals surface area contributed by atoms with Crippen molar-refractivity contribution < 1.29 is 44.6 Å². The Morgan fingerprint density at radius 3 is 1.09 bits per heavy atom. The van der Waals surface area contributed by atoms with Gasteiger partial charge in [-0.2, -0.15) is 42.1 Å². The average molecular weight is 734 g/mol. The van der Waals surface area contributed by atoms with Gasteiger partial charge in [-0.1, -0.05) is 0 Å². The number of nitrogens with zero attached hydrogens (tertiary/aromatic N) is 8. The normalized spacial score (nSPS) is 12.8. The van der Waals surface area contributed by atoms with E-state index in [4.69, 9.17) is 0 Å². The summed E-state index contributed by atoms with van der Waals surface area (Å²) in [6.45, 7) is 0. The van der Waals surface area contributed by atoms with Crippen molar-refractivity contribution in [1.29, 1.82) is 42.1 Å². The summed E-state index contributed by atoms with van der Waals surface area (Å²) in [5, 5.41) is 78.8. The molecular weight excluding hydrogens is 728 g/mol. The Hall–Kier alpha value is -8.42. The summed E-state index contributed by atoms with van der Waals surface area (Å²) < 4.78 is 124. The minimum absolute atomic E-state index is 0.432. The summed E-state index contributed by atoms with van der Waals surface area (Å²) in [4.78, 5) is 0. The highest BCUT2D eigenvalue weighted by Crippen LogP contribution is 2.58. The Kier molecular flexibility index (Phi) is 9.12. The number of nitriles is 8. The molecule has 2 aliphatic rings. The zero-order valence-electron chi connectivity index (χ0n) is 25.9. The van der Waals surface area contributed by atoms with E-state index in [0.717, 1.165) is 24.3 Å². The first kappa shape index (κ1) is 36.9. The van der Waals surface area contributed by atoms with Gasteiger partial charge >= 0.3 is 12.7 Å². The molecule has 0 radical (unpaired) electrons. The van der Waals surface area contributed by atoms with Gasteiger partial charge in [-0.25, -0.2) is 8.78 Å². The third-order valence-corrected chi connectivity index (χ3v) is 7.76. The van der Waals surface area contributed by atoms with Gasteiger partial charge in [0.1, 0.15) is 70.7 Å². The lowest BCUT2D eigenvalue weighted by Crippen LogP contribution is -2.18. The van der Waals surface area contributed by atoms with Crippen molar-refractivity contribution in [2.45, 2.75) is 12.7 Å². The second-order valence-electron chi connectivity index (χ2n) is 10.5. The van der Waals surface area contributed by atoms with Crippen molar-refractivity contribution >= 4 is 33.4 Å². The van der Waals surface area contributed by atoms with Gasteiger partial charge in [-0.15, -0.1) is 26.3 Å². The molecule has 3 aromatic rings. The molecule has 258 valence electrons. The van der Waals surface area contributed by atoms with Crippen molar-refractivity contribution in [3.63, 3.8) is 0 Å². The second kappa shape index (κ2) is 13.4. The van der Waals surface area contributed by atoms with Crippen LogP contribution in [-0.4, -0.2) is 12.7 Å². The molecule has 0 heterocycles. The predicted octanol–water partition coefficient (Wildman–Crippen LogP) is 8.00.